The number of rotatable bonds is 2. The number of aromatic nitrogens is 3. The van der Waals surface area contributed by atoms with E-state index in [9.17, 15) is 0 Å². The van der Waals surface area contributed by atoms with Crippen LogP contribution in [0.3, 0.4) is 0 Å². The number of nitrogens with one attached hydrogen (secondary N) is 1. The summed E-state index contributed by atoms with van der Waals surface area (Å²) in [6, 6.07) is 4.20. The number of anilines is 2. The monoisotopic (exact) mass is 271 g/mol. The molecule has 5 nitrogen and oxygen atoms in total. The van der Waals surface area contributed by atoms with Gasteiger partial charge in [0.2, 0.25) is 0 Å². The Balaban J connectivity index is 1.87. The van der Waals surface area contributed by atoms with E-state index in [1.807, 2.05) is 6.07 Å². The van der Waals surface area contributed by atoms with Crippen molar-refractivity contribution in [3.63, 3.8) is 0 Å². The number of fused-ring (bicyclic) bond motifs is 1. The average molecular weight is 271 g/mol. The first-order chi connectivity index (χ1) is 9.53. The van der Waals surface area contributed by atoms with E-state index in [4.69, 9.17) is 5.73 Å². The first-order valence-electron chi connectivity index (χ1n) is 7.17. The van der Waals surface area contributed by atoms with E-state index in [0.29, 0.717) is 22.9 Å². The fourth-order valence-electron chi connectivity index (χ4n) is 3.09. The fourth-order valence-corrected chi connectivity index (χ4v) is 3.09. The summed E-state index contributed by atoms with van der Waals surface area (Å²) in [6.45, 7) is 4.67. The van der Waals surface area contributed by atoms with E-state index >= 15 is 0 Å². The molecule has 2 aromatic rings. The molecule has 1 saturated carbocycles. The van der Waals surface area contributed by atoms with Gasteiger partial charge in [-0.2, -0.15) is 0 Å². The van der Waals surface area contributed by atoms with Crippen LogP contribution in [0.5, 0.6) is 0 Å². The predicted molar refractivity (Wildman–Crippen MR) is 81.4 cm³/mol. The molecule has 0 radical (unpaired) electrons. The zero-order chi connectivity index (χ0) is 14.2. The first kappa shape index (κ1) is 13.1. The molecular weight excluding hydrogens is 250 g/mol. The van der Waals surface area contributed by atoms with Crippen molar-refractivity contribution in [2.75, 3.05) is 11.1 Å². The summed E-state index contributed by atoms with van der Waals surface area (Å²) >= 11 is 0. The van der Waals surface area contributed by atoms with Gasteiger partial charge < -0.3 is 11.1 Å². The number of hydrogen-bond acceptors (Lipinski definition) is 5. The SMILES string of the molecule is CC1(C)CCCC(Nc2ncnc3nc(N)ccc23)C1. The molecule has 1 unspecified atom stereocenters. The van der Waals surface area contributed by atoms with Crippen LogP contribution in [0.15, 0.2) is 18.5 Å². The van der Waals surface area contributed by atoms with Crippen molar-refractivity contribution in [2.45, 2.75) is 45.6 Å². The van der Waals surface area contributed by atoms with Crippen molar-refractivity contribution in [2.24, 2.45) is 5.41 Å². The minimum absolute atomic E-state index is 0.404. The Morgan fingerprint density at radius 2 is 2.15 bits per heavy atom. The quantitative estimate of drug-likeness (QED) is 0.878. The third-order valence-electron chi connectivity index (χ3n) is 4.06. The minimum Gasteiger partial charge on any atom is -0.384 e. The largest absolute Gasteiger partial charge is 0.384 e. The minimum atomic E-state index is 0.404. The molecule has 2 heterocycles. The molecule has 1 aliphatic carbocycles. The average Bonchev–Trinajstić information content (AvgIpc) is 2.37. The number of nitrogens with zero attached hydrogens (tertiary/aromatic N) is 3. The highest BCUT2D eigenvalue weighted by atomic mass is 15.1. The van der Waals surface area contributed by atoms with Crippen molar-refractivity contribution < 1.29 is 0 Å². The zero-order valence-electron chi connectivity index (χ0n) is 12.1. The van der Waals surface area contributed by atoms with E-state index in [2.05, 4.69) is 34.1 Å². The second kappa shape index (κ2) is 4.89. The van der Waals surface area contributed by atoms with Crippen LogP contribution < -0.4 is 11.1 Å². The van der Waals surface area contributed by atoms with Crippen LogP contribution in [0.25, 0.3) is 11.0 Å². The third kappa shape index (κ3) is 2.66. The summed E-state index contributed by atoms with van der Waals surface area (Å²) in [5.74, 6) is 1.35. The van der Waals surface area contributed by atoms with Crippen LogP contribution in [-0.2, 0) is 0 Å². The van der Waals surface area contributed by atoms with Crippen molar-refractivity contribution in [1.29, 1.82) is 0 Å². The summed E-state index contributed by atoms with van der Waals surface area (Å²) in [6.07, 6.45) is 6.47. The maximum atomic E-state index is 5.70. The molecule has 0 saturated heterocycles. The standard InChI is InChI=1S/C15H21N5/c1-15(2)7-3-4-10(8-15)19-13-11-5-6-12(16)20-14(11)18-9-17-13/h5-6,9-10H,3-4,7-8H2,1-2H3,(H3,16,17,18,19,20). The number of nitrogens with two attached hydrogens (primary N) is 1. The molecule has 1 atom stereocenters. The third-order valence-corrected chi connectivity index (χ3v) is 4.06. The van der Waals surface area contributed by atoms with Crippen molar-refractivity contribution >= 4 is 22.7 Å². The summed E-state index contributed by atoms with van der Waals surface area (Å²) < 4.78 is 0. The lowest BCUT2D eigenvalue weighted by Crippen LogP contribution is -2.32. The van der Waals surface area contributed by atoms with Crippen LogP contribution in [-0.4, -0.2) is 21.0 Å². The Hall–Kier alpha value is -1.91. The van der Waals surface area contributed by atoms with Crippen molar-refractivity contribution in [1.82, 2.24) is 15.0 Å². The molecule has 3 rings (SSSR count). The second-order valence-corrected chi connectivity index (χ2v) is 6.43. The first-order valence-corrected chi connectivity index (χ1v) is 7.17. The van der Waals surface area contributed by atoms with E-state index in [1.54, 1.807) is 12.4 Å². The Labute approximate surface area is 119 Å². The van der Waals surface area contributed by atoms with Gasteiger partial charge in [0, 0.05) is 6.04 Å². The molecule has 0 spiro atoms. The topological polar surface area (TPSA) is 76.7 Å². The normalized spacial score (nSPS) is 21.8. The molecule has 3 N–H and O–H groups in total. The Kier molecular flexibility index (Phi) is 3.20. The number of pyridine rings is 1. The molecule has 0 aliphatic heterocycles. The van der Waals surface area contributed by atoms with E-state index in [0.717, 1.165) is 11.2 Å². The highest BCUT2D eigenvalue weighted by Gasteiger charge is 2.28. The summed E-state index contributed by atoms with van der Waals surface area (Å²) in [7, 11) is 0. The highest BCUT2D eigenvalue weighted by Crippen LogP contribution is 2.36. The lowest BCUT2D eigenvalue weighted by atomic mass is 9.75. The molecule has 0 amide bonds. The van der Waals surface area contributed by atoms with Gasteiger partial charge in [-0.1, -0.05) is 20.3 Å². The van der Waals surface area contributed by atoms with Gasteiger partial charge in [0.15, 0.2) is 5.65 Å². The summed E-state index contributed by atoms with van der Waals surface area (Å²) in [4.78, 5) is 12.8. The van der Waals surface area contributed by atoms with Crippen molar-refractivity contribution in [3.8, 4) is 0 Å². The lowest BCUT2D eigenvalue weighted by Gasteiger charge is -2.35. The van der Waals surface area contributed by atoms with Crippen LogP contribution in [0.1, 0.15) is 39.5 Å². The smallest absolute Gasteiger partial charge is 0.166 e. The van der Waals surface area contributed by atoms with Gasteiger partial charge in [-0.05, 0) is 36.8 Å². The van der Waals surface area contributed by atoms with Gasteiger partial charge in [0.25, 0.3) is 0 Å². The molecule has 1 aliphatic rings. The maximum absolute atomic E-state index is 5.70. The van der Waals surface area contributed by atoms with Crippen LogP contribution >= 0.6 is 0 Å². The predicted octanol–water partition coefficient (Wildman–Crippen LogP) is 2.99. The molecule has 20 heavy (non-hydrogen) atoms. The van der Waals surface area contributed by atoms with Gasteiger partial charge >= 0.3 is 0 Å². The maximum Gasteiger partial charge on any atom is 0.166 e. The second-order valence-electron chi connectivity index (χ2n) is 6.43. The molecule has 0 bridgehead atoms. The highest BCUT2D eigenvalue weighted by molar-refractivity contribution is 5.87. The Morgan fingerprint density at radius 1 is 1.30 bits per heavy atom. The van der Waals surface area contributed by atoms with Gasteiger partial charge in [0.1, 0.15) is 18.0 Å². The zero-order valence-corrected chi connectivity index (χ0v) is 12.1. The molecule has 0 aromatic carbocycles. The molecule has 106 valence electrons. The number of nitrogen functional groups attached to an aromatic ring is 1. The summed E-state index contributed by atoms with van der Waals surface area (Å²) in [5.41, 5.74) is 6.76. The van der Waals surface area contributed by atoms with E-state index in [1.165, 1.54) is 25.7 Å². The fraction of sp³-hybridized carbons (Fsp3) is 0.533. The number of hydrogen-bond donors (Lipinski definition) is 2. The Bertz CT molecular complexity index is 623. The van der Waals surface area contributed by atoms with Gasteiger partial charge in [-0.25, -0.2) is 15.0 Å². The van der Waals surface area contributed by atoms with E-state index < -0.39 is 0 Å². The van der Waals surface area contributed by atoms with Gasteiger partial charge in [-0.15, -0.1) is 0 Å². The molecule has 5 heteroatoms. The van der Waals surface area contributed by atoms with Crippen molar-refractivity contribution in [3.05, 3.63) is 18.5 Å². The van der Waals surface area contributed by atoms with Crippen LogP contribution in [0, 0.1) is 5.41 Å². The Morgan fingerprint density at radius 3 is 2.95 bits per heavy atom. The molecule has 1 fully saturated rings. The van der Waals surface area contributed by atoms with Crippen LogP contribution in [0.4, 0.5) is 11.6 Å². The lowest BCUT2D eigenvalue weighted by molar-refractivity contribution is 0.229. The van der Waals surface area contributed by atoms with Crippen LogP contribution in [0.2, 0.25) is 0 Å². The molecule has 2 aromatic heterocycles. The van der Waals surface area contributed by atoms with Gasteiger partial charge in [0.05, 0.1) is 5.39 Å². The van der Waals surface area contributed by atoms with Gasteiger partial charge in [-0.3, -0.25) is 0 Å². The molecular formula is C15H21N5. The summed E-state index contributed by atoms with van der Waals surface area (Å²) in [5, 5.41) is 4.50. The van der Waals surface area contributed by atoms with E-state index in [-0.39, 0.29) is 0 Å².